The van der Waals surface area contributed by atoms with Gasteiger partial charge in [-0.25, -0.2) is 0 Å². The van der Waals surface area contributed by atoms with Crippen molar-refractivity contribution in [3.8, 4) is 0 Å². The van der Waals surface area contributed by atoms with Gasteiger partial charge in [0.15, 0.2) is 0 Å². The Bertz CT molecular complexity index is 785. The van der Waals surface area contributed by atoms with E-state index >= 15 is 0 Å². The van der Waals surface area contributed by atoms with Crippen molar-refractivity contribution in [3.05, 3.63) is 51.8 Å². The lowest BCUT2D eigenvalue weighted by Gasteiger charge is -2.41. The van der Waals surface area contributed by atoms with Crippen LogP contribution in [0, 0.1) is 0 Å². The molecule has 2 aliphatic rings. The molecule has 7 heteroatoms. The molecular formula is C18H20Cl2N4O. The van der Waals surface area contributed by atoms with Gasteiger partial charge >= 0.3 is 0 Å². The molecule has 1 amide bonds. The molecule has 5 nitrogen and oxygen atoms in total. The number of piperidine rings is 1. The van der Waals surface area contributed by atoms with E-state index in [1.165, 1.54) is 0 Å². The molecule has 0 saturated carbocycles. The van der Waals surface area contributed by atoms with Gasteiger partial charge in [0.1, 0.15) is 5.54 Å². The monoisotopic (exact) mass is 378 g/mol. The van der Waals surface area contributed by atoms with Gasteiger partial charge in [-0.15, -0.1) is 0 Å². The third kappa shape index (κ3) is 2.84. The molecule has 132 valence electrons. The molecule has 1 aromatic heterocycles. The molecule has 0 atom stereocenters. The molecule has 3 heterocycles. The molecule has 0 radical (unpaired) electrons. The first kappa shape index (κ1) is 16.9. The Morgan fingerprint density at radius 3 is 2.76 bits per heavy atom. The van der Waals surface area contributed by atoms with Crippen LogP contribution in [0.1, 0.15) is 24.0 Å². The number of nitrogens with zero attached hydrogens (tertiary/aromatic N) is 3. The standard InChI is InChI=1S/C18H20Cl2N4O/c19-15-3-2-13-12-23(11-4-14(13)16(15)20)17(25)18(5-8-21-9-6-18)24-10-1-7-22-24/h1-3,7,10,21H,4-6,8-9,11-12H2. The molecule has 1 saturated heterocycles. The molecule has 1 N–H and O–H groups in total. The zero-order chi connectivity index (χ0) is 17.4. The fourth-order valence-corrected chi connectivity index (χ4v) is 4.41. The summed E-state index contributed by atoms with van der Waals surface area (Å²) in [6, 6.07) is 5.67. The van der Waals surface area contributed by atoms with E-state index in [1.54, 1.807) is 6.20 Å². The highest BCUT2D eigenvalue weighted by Gasteiger charge is 2.45. The first-order chi connectivity index (χ1) is 12.1. The Morgan fingerprint density at radius 2 is 2.04 bits per heavy atom. The van der Waals surface area contributed by atoms with Crippen LogP contribution in [0.4, 0.5) is 0 Å². The number of nitrogens with one attached hydrogen (secondary N) is 1. The van der Waals surface area contributed by atoms with Crippen LogP contribution in [0.2, 0.25) is 10.0 Å². The molecule has 1 fully saturated rings. The number of rotatable bonds is 2. The van der Waals surface area contributed by atoms with Crippen molar-refractivity contribution >= 4 is 29.1 Å². The van der Waals surface area contributed by atoms with Crippen molar-refractivity contribution in [3.63, 3.8) is 0 Å². The summed E-state index contributed by atoms with van der Waals surface area (Å²) in [5.41, 5.74) is 1.55. The highest BCUT2D eigenvalue weighted by atomic mass is 35.5. The number of halogens is 2. The maximum absolute atomic E-state index is 13.5. The number of fused-ring (bicyclic) bond motifs is 1. The number of hydrogen-bond acceptors (Lipinski definition) is 3. The molecular weight excluding hydrogens is 359 g/mol. The van der Waals surface area contributed by atoms with Gasteiger partial charge in [0.05, 0.1) is 10.0 Å². The Morgan fingerprint density at radius 1 is 1.24 bits per heavy atom. The van der Waals surface area contributed by atoms with Gasteiger partial charge in [-0.1, -0.05) is 29.3 Å². The normalized spacial score (nSPS) is 19.5. The number of hydrogen-bond donors (Lipinski definition) is 1. The predicted octanol–water partition coefficient (Wildman–Crippen LogP) is 2.85. The summed E-state index contributed by atoms with van der Waals surface area (Å²) in [6.07, 6.45) is 5.87. The predicted molar refractivity (Wildman–Crippen MR) is 97.9 cm³/mol. The van der Waals surface area contributed by atoms with Crippen LogP contribution in [0.5, 0.6) is 0 Å². The Hall–Kier alpha value is -1.56. The van der Waals surface area contributed by atoms with E-state index in [0.29, 0.717) is 23.1 Å². The van der Waals surface area contributed by atoms with Crippen molar-refractivity contribution in [2.24, 2.45) is 0 Å². The topological polar surface area (TPSA) is 50.2 Å². The molecule has 2 aromatic rings. The van der Waals surface area contributed by atoms with Gasteiger partial charge in [0, 0.05) is 25.5 Å². The maximum Gasteiger partial charge on any atom is 0.250 e. The van der Waals surface area contributed by atoms with Crippen LogP contribution >= 0.6 is 23.2 Å². The van der Waals surface area contributed by atoms with Gasteiger partial charge in [-0.05, 0) is 55.6 Å². The third-order valence-corrected chi connectivity index (χ3v) is 6.19. The summed E-state index contributed by atoms with van der Waals surface area (Å²) >= 11 is 12.5. The number of amides is 1. The minimum Gasteiger partial charge on any atom is -0.336 e. The summed E-state index contributed by atoms with van der Waals surface area (Å²) in [7, 11) is 0. The number of carbonyl (C=O) groups is 1. The molecule has 0 bridgehead atoms. The summed E-state index contributed by atoms with van der Waals surface area (Å²) in [6.45, 7) is 2.86. The zero-order valence-electron chi connectivity index (χ0n) is 13.8. The first-order valence-corrected chi connectivity index (χ1v) is 9.33. The van der Waals surface area contributed by atoms with E-state index in [9.17, 15) is 4.79 Å². The second-order valence-corrected chi connectivity index (χ2v) is 7.49. The van der Waals surface area contributed by atoms with Crippen molar-refractivity contribution < 1.29 is 4.79 Å². The Kier molecular flexibility index (Phi) is 4.48. The van der Waals surface area contributed by atoms with E-state index in [4.69, 9.17) is 23.2 Å². The lowest BCUT2D eigenvalue weighted by molar-refractivity contribution is -0.144. The second-order valence-electron chi connectivity index (χ2n) is 6.71. The minimum atomic E-state index is -0.595. The van der Waals surface area contributed by atoms with Crippen LogP contribution in [0.15, 0.2) is 30.6 Å². The fraction of sp³-hybridized carbons (Fsp3) is 0.444. The van der Waals surface area contributed by atoms with Gasteiger partial charge in [0.2, 0.25) is 0 Å². The highest BCUT2D eigenvalue weighted by Crippen LogP contribution is 2.35. The van der Waals surface area contributed by atoms with Crippen LogP contribution in [-0.2, 0) is 23.3 Å². The van der Waals surface area contributed by atoms with Gasteiger partial charge in [-0.3, -0.25) is 9.48 Å². The number of carbonyl (C=O) groups excluding carboxylic acids is 1. The summed E-state index contributed by atoms with van der Waals surface area (Å²) in [5.74, 6) is 0.148. The molecule has 0 spiro atoms. The van der Waals surface area contributed by atoms with E-state index in [1.807, 2.05) is 34.0 Å². The minimum absolute atomic E-state index is 0.148. The summed E-state index contributed by atoms with van der Waals surface area (Å²) in [4.78, 5) is 15.5. The van der Waals surface area contributed by atoms with Gasteiger partial charge in [0.25, 0.3) is 5.91 Å². The van der Waals surface area contributed by atoms with E-state index in [0.717, 1.165) is 43.5 Å². The number of benzene rings is 1. The first-order valence-electron chi connectivity index (χ1n) is 8.58. The molecule has 0 unspecified atom stereocenters. The van der Waals surface area contributed by atoms with Crippen LogP contribution < -0.4 is 5.32 Å². The highest BCUT2D eigenvalue weighted by molar-refractivity contribution is 6.42. The molecule has 0 aliphatic carbocycles. The van der Waals surface area contributed by atoms with E-state index < -0.39 is 5.54 Å². The number of aromatic nitrogens is 2. The van der Waals surface area contributed by atoms with Gasteiger partial charge in [-0.2, -0.15) is 5.10 Å². The third-order valence-electron chi connectivity index (χ3n) is 5.34. The molecule has 1 aromatic carbocycles. The molecule has 25 heavy (non-hydrogen) atoms. The largest absolute Gasteiger partial charge is 0.336 e. The fourth-order valence-electron chi connectivity index (χ4n) is 3.95. The quantitative estimate of drug-likeness (QED) is 0.873. The summed E-state index contributed by atoms with van der Waals surface area (Å²) < 4.78 is 1.85. The van der Waals surface area contributed by atoms with Crippen molar-refractivity contribution in [1.82, 2.24) is 20.0 Å². The zero-order valence-corrected chi connectivity index (χ0v) is 15.4. The average Bonchev–Trinajstić information content (AvgIpc) is 3.20. The van der Waals surface area contributed by atoms with Crippen molar-refractivity contribution in [2.75, 3.05) is 19.6 Å². The van der Waals surface area contributed by atoms with Crippen molar-refractivity contribution in [2.45, 2.75) is 31.3 Å². The Labute approximate surface area is 156 Å². The van der Waals surface area contributed by atoms with Crippen LogP contribution in [-0.4, -0.2) is 40.2 Å². The van der Waals surface area contributed by atoms with E-state index in [-0.39, 0.29) is 5.91 Å². The Balaban J connectivity index is 1.64. The lowest BCUT2D eigenvalue weighted by atomic mass is 9.85. The van der Waals surface area contributed by atoms with Crippen LogP contribution in [0.3, 0.4) is 0 Å². The summed E-state index contributed by atoms with van der Waals surface area (Å²) in [5, 5.41) is 8.94. The maximum atomic E-state index is 13.5. The second kappa shape index (κ2) is 6.63. The SMILES string of the molecule is O=C(N1CCc2c(ccc(Cl)c2Cl)C1)C1(n2cccn2)CCNCC1. The molecule has 4 rings (SSSR count). The van der Waals surface area contributed by atoms with Crippen LogP contribution in [0.25, 0.3) is 0 Å². The average molecular weight is 379 g/mol. The lowest BCUT2D eigenvalue weighted by Crippen LogP contribution is -2.56. The molecule has 2 aliphatic heterocycles. The smallest absolute Gasteiger partial charge is 0.250 e. The van der Waals surface area contributed by atoms with E-state index in [2.05, 4.69) is 10.4 Å². The van der Waals surface area contributed by atoms with Gasteiger partial charge < -0.3 is 10.2 Å². The van der Waals surface area contributed by atoms with Crippen molar-refractivity contribution in [1.29, 1.82) is 0 Å².